The average molecular weight is 292 g/mol. The maximum absolute atomic E-state index is 5.35. The molecule has 1 N–H and O–H groups in total. The fourth-order valence-electron chi connectivity index (χ4n) is 2.93. The van der Waals surface area contributed by atoms with Crippen LogP contribution in [0.3, 0.4) is 0 Å². The van der Waals surface area contributed by atoms with Gasteiger partial charge >= 0.3 is 0 Å². The van der Waals surface area contributed by atoms with Crippen LogP contribution < -0.4 is 14.8 Å². The zero-order valence-corrected chi connectivity index (χ0v) is 13.5. The van der Waals surface area contributed by atoms with Crippen molar-refractivity contribution in [3.8, 4) is 11.5 Å². The van der Waals surface area contributed by atoms with E-state index in [4.69, 9.17) is 9.47 Å². The number of nitrogens with zero attached hydrogens (tertiary/aromatic N) is 1. The summed E-state index contributed by atoms with van der Waals surface area (Å²) in [6.07, 6.45) is 3.74. The van der Waals surface area contributed by atoms with E-state index in [9.17, 15) is 0 Å². The van der Waals surface area contributed by atoms with Gasteiger partial charge in [0.05, 0.1) is 14.2 Å². The van der Waals surface area contributed by atoms with E-state index in [1.54, 1.807) is 14.2 Å². The van der Waals surface area contributed by atoms with Gasteiger partial charge in [-0.2, -0.15) is 0 Å². The number of nitrogens with one attached hydrogen (secondary N) is 1. The summed E-state index contributed by atoms with van der Waals surface area (Å²) >= 11 is 0. The number of benzene rings is 1. The predicted molar refractivity (Wildman–Crippen MR) is 86.1 cm³/mol. The molecule has 0 aromatic heterocycles. The van der Waals surface area contributed by atoms with Crippen LogP contribution in [0.1, 0.15) is 31.7 Å². The fraction of sp³-hybridized carbons (Fsp3) is 0.647. The van der Waals surface area contributed by atoms with Gasteiger partial charge in [0.2, 0.25) is 0 Å². The molecular formula is C17H28N2O2. The first-order valence-electron chi connectivity index (χ1n) is 7.93. The summed E-state index contributed by atoms with van der Waals surface area (Å²) in [6, 6.07) is 6.75. The van der Waals surface area contributed by atoms with Gasteiger partial charge in [-0.15, -0.1) is 0 Å². The monoisotopic (exact) mass is 292 g/mol. The van der Waals surface area contributed by atoms with Gasteiger partial charge in [0, 0.05) is 12.6 Å². The first kappa shape index (κ1) is 16.1. The van der Waals surface area contributed by atoms with Crippen LogP contribution in [0.4, 0.5) is 0 Å². The summed E-state index contributed by atoms with van der Waals surface area (Å²) in [5, 5.41) is 3.67. The Morgan fingerprint density at radius 1 is 1.14 bits per heavy atom. The van der Waals surface area contributed by atoms with Crippen molar-refractivity contribution in [3.63, 3.8) is 0 Å². The minimum atomic E-state index is 0.631. The molecule has 1 fully saturated rings. The van der Waals surface area contributed by atoms with Crippen LogP contribution in [0.25, 0.3) is 0 Å². The molecule has 1 saturated heterocycles. The summed E-state index contributed by atoms with van der Waals surface area (Å²) in [5.41, 5.74) is 1.24. The second-order valence-corrected chi connectivity index (χ2v) is 5.69. The van der Waals surface area contributed by atoms with Crippen LogP contribution in [0.15, 0.2) is 18.2 Å². The number of hydrogen-bond donors (Lipinski definition) is 1. The van der Waals surface area contributed by atoms with Gasteiger partial charge in [-0.3, -0.25) is 0 Å². The van der Waals surface area contributed by atoms with Gasteiger partial charge in [-0.1, -0.05) is 13.0 Å². The molecule has 4 heteroatoms. The Balaban J connectivity index is 1.81. The molecule has 0 atom stereocenters. The summed E-state index contributed by atoms with van der Waals surface area (Å²) in [5.74, 6) is 1.59. The lowest BCUT2D eigenvalue weighted by molar-refractivity contribution is 0.197. The Bertz CT molecular complexity index is 429. The third-order valence-electron chi connectivity index (χ3n) is 4.17. The van der Waals surface area contributed by atoms with Gasteiger partial charge in [-0.05, 0) is 56.6 Å². The van der Waals surface area contributed by atoms with E-state index in [0.717, 1.165) is 18.0 Å². The third-order valence-corrected chi connectivity index (χ3v) is 4.17. The molecule has 0 aliphatic carbocycles. The Morgan fingerprint density at radius 3 is 2.48 bits per heavy atom. The van der Waals surface area contributed by atoms with Gasteiger partial charge in [0.25, 0.3) is 0 Å². The van der Waals surface area contributed by atoms with Crippen LogP contribution in [0.5, 0.6) is 11.5 Å². The van der Waals surface area contributed by atoms with Crippen LogP contribution in [0, 0.1) is 0 Å². The molecule has 0 amide bonds. The summed E-state index contributed by atoms with van der Waals surface area (Å²) < 4.78 is 10.6. The number of piperidine rings is 1. The highest BCUT2D eigenvalue weighted by molar-refractivity contribution is 5.42. The molecule has 2 rings (SSSR count). The Hall–Kier alpha value is -1.26. The van der Waals surface area contributed by atoms with Crippen molar-refractivity contribution in [3.05, 3.63) is 23.8 Å². The van der Waals surface area contributed by atoms with Crippen molar-refractivity contribution >= 4 is 0 Å². The van der Waals surface area contributed by atoms with E-state index in [2.05, 4.69) is 29.3 Å². The summed E-state index contributed by atoms with van der Waals surface area (Å²) in [4.78, 5) is 2.56. The van der Waals surface area contributed by atoms with E-state index in [1.165, 1.54) is 44.5 Å². The summed E-state index contributed by atoms with van der Waals surface area (Å²) in [7, 11) is 3.35. The Labute approximate surface area is 128 Å². The highest BCUT2D eigenvalue weighted by Gasteiger charge is 2.18. The maximum atomic E-state index is 5.35. The Kier molecular flexibility index (Phi) is 6.33. The smallest absolute Gasteiger partial charge is 0.161 e. The van der Waals surface area contributed by atoms with E-state index in [1.807, 2.05) is 6.07 Å². The van der Waals surface area contributed by atoms with Crippen molar-refractivity contribution in [1.82, 2.24) is 10.2 Å². The molecule has 1 aliphatic rings. The molecule has 1 aromatic carbocycles. The number of rotatable bonds is 7. The molecular weight excluding hydrogens is 264 g/mol. The van der Waals surface area contributed by atoms with E-state index in [-0.39, 0.29) is 0 Å². The SMILES string of the molecule is CCCN1CCC(NCc2ccc(OC)c(OC)c2)CC1. The third kappa shape index (κ3) is 4.61. The van der Waals surface area contributed by atoms with Crippen molar-refractivity contribution in [1.29, 1.82) is 0 Å². The van der Waals surface area contributed by atoms with E-state index in [0.29, 0.717) is 6.04 Å². The van der Waals surface area contributed by atoms with Crippen LogP contribution in [-0.2, 0) is 6.54 Å². The van der Waals surface area contributed by atoms with Crippen molar-refractivity contribution in [2.75, 3.05) is 33.9 Å². The highest BCUT2D eigenvalue weighted by Crippen LogP contribution is 2.27. The molecule has 0 radical (unpaired) electrons. The molecule has 0 unspecified atom stereocenters. The van der Waals surface area contributed by atoms with Gasteiger partial charge in [0.15, 0.2) is 11.5 Å². The number of likely N-dealkylation sites (tertiary alicyclic amines) is 1. The number of ether oxygens (including phenoxy) is 2. The first-order chi connectivity index (χ1) is 10.3. The lowest BCUT2D eigenvalue weighted by Crippen LogP contribution is -2.42. The molecule has 0 saturated carbocycles. The molecule has 4 nitrogen and oxygen atoms in total. The van der Waals surface area contributed by atoms with Crippen molar-refractivity contribution in [2.24, 2.45) is 0 Å². The van der Waals surface area contributed by atoms with Gasteiger partial charge in [-0.25, -0.2) is 0 Å². The second-order valence-electron chi connectivity index (χ2n) is 5.69. The predicted octanol–water partition coefficient (Wildman–Crippen LogP) is 2.67. The highest BCUT2D eigenvalue weighted by atomic mass is 16.5. The molecule has 0 bridgehead atoms. The molecule has 118 valence electrons. The fourth-order valence-corrected chi connectivity index (χ4v) is 2.93. The summed E-state index contributed by atoms with van der Waals surface area (Å²) in [6.45, 7) is 6.82. The molecule has 1 aromatic rings. The van der Waals surface area contributed by atoms with Crippen LogP contribution in [-0.4, -0.2) is 44.8 Å². The second kappa shape index (κ2) is 8.25. The molecule has 1 heterocycles. The maximum Gasteiger partial charge on any atom is 0.161 e. The average Bonchev–Trinajstić information content (AvgIpc) is 2.54. The molecule has 21 heavy (non-hydrogen) atoms. The molecule has 0 spiro atoms. The largest absolute Gasteiger partial charge is 0.493 e. The quantitative estimate of drug-likeness (QED) is 0.838. The lowest BCUT2D eigenvalue weighted by atomic mass is 10.0. The van der Waals surface area contributed by atoms with Crippen molar-refractivity contribution < 1.29 is 9.47 Å². The van der Waals surface area contributed by atoms with Crippen LogP contribution in [0.2, 0.25) is 0 Å². The number of methoxy groups -OCH3 is 2. The topological polar surface area (TPSA) is 33.7 Å². The van der Waals surface area contributed by atoms with Gasteiger partial charge in [0.1, 0.15) is 0 Å². The first-order valence-corrected chi connectivity index (χ1v) is 7.93. The Morgan fingerprint density at radius 2 is 1.86 bits per heavy atom. The standard InChI is InChI=1S/C17H28N2O2/c1-4-9-19-10-7-15(8-11-19)18-13-14-5-6-16(20-2)17(12-14)21-3/h5-6,12,15,18H,4,7-11,13H2,1-3H3. The normalized spacial score (nSPS) is 16.9. The lowest BCUT2D eigenvalue weighted by Gasteiger charge is -2.32. The zero-order valence-electron chi connectivity index (χ0n) is 13.5. The van der Waals surface area contributed by atoms with Gasteiger partial charge < -0.3 is 19.7 Å². The zero-order chi connectivity index (χ0) is 15.1. The minimum absolute atomic E-state index is 0.631. The number of hydrogen-bond acceptors (Lipinski definition) is 4. The van der Waals surface area contributed by atoms with Crippen LogP contribution >= 0.6 is 0 Å². The molecule has 1 aliphatic heterocycles. The minimum Gasteiger partial charge on any atom is -0.493 e. The van der Waals surface area contributed by atoms with E-state index >= 15 is 0 Å². The van der Waals surface area contributed by atoms with E-state index < -0.39 is 0 Å². The van der Waals surface area contributed by atoms with Crippen molar-refractivity contribution in [2.45, 2.75) is 38.8 Å².